The topological polar surface area (TPSA) is 23.6 Å². The molecule has 0 saturated carbocycles. The van der Waals surface area contributed by atoms with Gasteiger partial charge in [0.1, 0.15) is 0 Å². The Balaban J connectivity index is 1.56. The van der Waals surface area contributed by atoms with Gasteiger partial charge in [0, 0.05) is 36.8 Å². The van der Waals surface area contributed by atoms with Crippen molar-refractivity contribution in [1.82, 2.24) is 4.90 Å². The number of piperidine rings is 1. The Morgan fingerprint density at radius 1 is 0.829 bits per heavy atom. The van der Waals surface area contributed by atoms with E-state index in [0.29, 0.717) is 30.4 Å². The van der Waals surface area contributed by atoms with Gasteiger partial charge in [-0.05, 0) is 81.6 Å². The zero-order valence-corrected chi connectivity index (χ0v) is 19.5. The Morgan fingerprint density at radius 2 is 1.43 bits per heavy atom. The minimum Gasteiger partial charge on any atom is -0.371 e. The molecule has 0 aromatic heterocycles. The van der Waals surface area contributed by atoms with Crippen LogP contribution < -0.4 is 4.90 Å². The van der Waals surface area contributed by atoms with Crippen molar-refractivity contribution in [2.45, 2.75) is 57.4 Å². The lowest BCUT2D eigenvalue weighted by Crippen LogP contribution is -2.44. The second-order valence-electron chi connectivity index (χ2n) is 9.53. The van der Waals surface area contributed by atoms with Crippen LogP contribution in [0.2, 0.25) is 0 Å². The van der Waals surface area contributed by atoms with Gasteiger partial charge in [-0.15, -0.1) is 0 Å². The van der Waals surface area contributed by atoms with Gasteiger partial charge in [0.25, 0.3) is 0 Å². The van der Waals surface area contributed by atoms with Gasteiger partial charge in [0.2, 0.25) is 0 Å². The lowest BCUT2D eigenvalue weighted by molar-refractivity contribution is -0.138. The van der Waals surface area contributed by atoms with Crippen LogP contribution in [0, 0.1) is 6.92 Å². The SMILES string of the molecule is Cc1cc(CC(=O)c2cc(N3CCC(N4CCCC4)CC3)cc(C(F)(F)F)c2)cc(C(F)(F)F)c1. The van der Waals surface area contributed by atoms with Crippen molar-refractivity contribution in [3.05, 3.63) is 64.2 Å². The molecule has 0 radical (unpaired) electrons. The fourth-order valence-corrected chi connectivity index (χ4v) is 5.13. The van der Waals surface area contributed by atoms with Crippen LogP contribution in [0.1, 0.15) is 58.3 Å². The molecule has 2 aliphatic rings. The molecule has 0 spiro atoms. The number of hydrogen-bond acceptors (Lipinski definition) is 3. The average Bonchev–Trinajstić information content (AvgIpc) is 3.32. The van der Waals surface area contributed by atoms with Gasteiger partial charge in [-0.2, -0.15) is 26.3 Å². The molecule has 2 heterocycles. The van der Waals surface area contributed by atoms with Gasteiger partial charge in [-0.3, -0.25) is 4.79 Å². The fourth-order valence-electron chi connectivity index (χ4n) is 5.13. The highest BCUT2D eigenvalue weighted by Gasteiger charge is 2.34. The van der Waals surface area contributed by atoms with Gasteiger partial charge >= 0.3 is 12.4 Å². The van der Waals surface area contributed by atoms with E-state index in [0.717, 1.165) is 50.2 Å². The number of benzene rings is 2. The molecule has 2 aromatic carbocycles. The predicted octanol–water partition coefficient (Wildman–Crippen LogP) is 6.52. The predicted molar refractivity (Wildman–Crippen MR) is 122 cm³/mol. The maximum atomic E-state index is 13.6. The summed E-state index contributed by atoms with van der Waals surface area (Å²) < 4.78 is 80.4. The first-order valence-corrected chi connectivity index (χ1v) is 11.8. The summed E-state index contributed by atoms with van der Waals surface area (Å²) in [7, 11) is 0. The highest BCUT2D eigenvalue weighted by molar-refractivity contribution is 5.98. The number of halogens is 6. The summed E-state index contributed by atoms with van der Waals surface area (Å²) in [5, 5.41) is 0. The molecular weight excluding hydrogens is 470 g/mol. The molecule has 0 atom stereocenters. The van der Waals surface area contributed by atoms with Gasteiger partial charge in [0.05, 0.1) is 11.1 Å². The molecule has 0 N–H and O–H groups in total. The van der Waals surface area contributed by atoms with Crippen LogP contribution in [-0.2, 0) is 18.8 Å². The van der Waals surface area contributed by atoms with Crippen LogP contribution in [0.4, 0.5) is 32.0 Å². The highest BCUT2D eigenvalue weighted by atomic mass is 19.4. The largest absolute Gasteiger partial charge is 0.416 e. The van der Waals surface area contributed by atoms with E-state index in [1.165, 1.54) is 31.9 Å². The van der Waals surface area contributed by atoms with Crippen molar-refractivity contribution < 1.29 is 31.1 Å². The van der Waals surface area contributed by atoms with Crippen molar-refractivity contribution in [2.75, 3.05) is 31.1 Å². The van der Waals surface area contributed by atoms with E-state index >= 15 is 0 Å². The molecule has 2 aliphatic heterocycles. The number of ketones is 1. The Morgan fingerprint density at radius 3 is 2.03 bits per heavy atom. The number of hydrogen-bond donors (Lipinski definition) is 0. The quantitative estimate of drug-likeness (QED) is 0.346. The summed E-state index contributed by atoms with van der Waals surface area (Å²) in [5.74, 6) is -0.650. The Bertz CT molecular complexity index is 1060. The third-order valence-corrected chi connectivity index (χ3v) is 6.88. The second-order valence-corrected chi connectivity index (χ2v) is 9.53. The summed E-state index contributed by atoms with van der Waals surface area (Å²) in [5.41, 5.74) is -1.19. The smallest absolute Gasteiger partial charge is 0.371 e. The number of Topliss-reactive ketones (excluding diaryl/α,β-unsaturated/α-hetero) is 1. The van der Waals surface area contributed by atoms with Crippen molar-refractivity contribution in [1.29, 1.82) is 0 Å². The third-order valence-electron chi connectivity index (χ3n) is 6.88. The van der Waals surface area contributed by atoms with Gasteiger partial charge in [-0.1, -0.05) is 11.6 Å². The van der Waals surface area contributed by atoms with E-state index in [2.05, 4.69) is 4.90 Å². The molecule has 0 bridgehead atoms. The van der Waals surface area contributed by atoms with E-state index in [4.69, 9.17) is 0 Å². The Hall–Kier alpha value is -2.55. The number of rotatable bonds is 5. The van der Waals surface area contributed by atoms with Crippen molar-refractivity contribution in [2.24, 2.45) is 0 Å². The summed E-state index contributed by atoms with van der Waals surface area (Å²) in [6, 6.07) is 7.01. The minimum atomic E-state index is -4.65. The summed E-state index contributed by atoms with van der Waals surface area (Å²) in [4.78, 5) is 17.3. The first-order valence-electron chi connectivity index (χ1n) is 11.8. The normalized spacial score (nSPS) is 18.3. The molecule has 35 heavy (non-hydrogen) atoms. The van der Waals surface area contributed by atoms with Crippen molar-refractivity contribution in [3.8, 4) is 0 Å². The number of likely N-dealkylation sites (tertiary alicyclic amines) is 1. The zero-order valence-electron chi connectivity index (χ0n) is 19.5. The standard InChI is InChI=1S/C26H28F6N2O/c1-17-10-18(12-20(11-17)25(27,28)29)13-24(35)19-14-21(26(30,31)32)16-23(15-19)34-8-4-22(5-9-34)33-6-2-3-7-33/h10-12,14-16,22H,2-9,13H2,1H3. The molecule has 0 unspecified atom stereocenters. The van der Waals surface area contributed by atoms with E-state index in [1.807, 2.05) is 4.90 Å². The molecule has 0 aliphatic carbocycles. The number of aryl methyl sites for hydroxylation is 1. The van der Waals surface area contributed by atoms with Gasteiger partial charge < -0.3 is 9.80 Å². The number of alkyl halides is 6. The minimum absolute atomic E-state index is 0.118. The van der Waals surface area contributed by atoms with Crippen LogP contribution >= 0.6 is 0 Å². The van der Waals surface area contributed by atoms with E-state index in [-0.39, 0.29) is 11.1 Å². The van der Waals surface area contributed by atoms with Gasteiger partial charge in [-0.25, -0.2) is 0 Å². The molecule has 190 valence electrons. The van der Waals surface area contributed by atoms with E-state index in [9.17, 15) is 31.1 Å². The number of anilines is 1. The van der Waals surface area contributed by atoms with Crippen LogP contribution in [0.15, 0.2) is 36.4 Å². The summed E-state index contributed by atoms with van der Waals surface area (Å²) in [6.45, 7) is 4.77. The lowest BCUT2D eigenvalue weighted by Gasteiger charge is -2.38. The third kappa shape index (κ3) is 6.18. The first-order chi connectivity index (χ1) is 16.4. The number of carbonyl (C=O) groups is 1. The molecule has 4 rings (SSSR count). The van der Waals surface area contributed by atoms with E-state index < -0.39 is 35.7 Å². The monoisotopic (exact) mass is 498 g/mol. The maximum absolute atomic E-state index is 13.6. The van der Waals surface area contributed by atoms with E-state index in [1.54, 1.807) is 0 Å². The van der Waals surface area contributed by atoms with Gasteiger partial charge in [0.15, 0.2) is 5.78 Å². The highest BCUT2D eigenvalue weighted by Crippen LogP contribution is 2.35. The van der Waals surface area contributed by atoms with Crippen LogP contribution in [-0.4, -0.2) is 42.9 Å². The molecule has 3 nitrogen and oxygen atoms in total. The second kappa shape index (κ2) is 9.84. The number of nitrogens with zero attached hydrogens (tertiary/aromatic N) is 2. The average molecular weight is 499 g/mol. The molecule has 9 heteroatoms. The van der Waals surface area contributed by atoms with Crippen molar-refractivity contribution in [3.63, 3.8) is 0 Å². The molecule has 2 saturated heterocycles. The lowest BCUT2D eigenvalue weighted by atomic mass is 9.96. The maximum Gasteiger partial charge on any atom is 0.416 e. The molecule has 2 fully saturated rings. The molecule has 2 aromatic rings. The van der Waals surface area contributed by atoms with Crippen LogP contribution in [0.25, 0.3) is 0 Å². The van der Waals surface area contributed by atoms with Crippen LogP contribution in [0.5, 0.6) is 0 Å². The molecular formula is C26H28F6N2O. The zero-order chi connectivity index (χ0) is 25.4. The van der Waals surface area contributed by atoms with Crippen LogP contribution in [0.3, 0.4) is 0 Å². The Kier molecular flexibility index (Phi) is 7.18. The summed E-state index contributed by atoms with van der Waals surface area (Å²) in [6.07, 6.45) is -5.62. The first kappa shape index (κ1) is 25.5. The molecule has 0 amide bonds. The Labute approximate surface area is 200 Å². The summed E-state index contributed by atoms with van der Waals surface area (Å²) >= 11 is 0. The van der Waals surface area contributed by atoms with Crippen molar-refractivity contribution >= 4 is 11.5 Å². The fraction of sp³-hybridized carbons (Fsp3) is 0.500. The number of carbonyl (C=O) groups excluding carboxylic acids is 1.